The molecule has 0 fully saturated rings. The first-order valence-corrected chi connectivity index (χ1v) is 7.10. The van der Waals surface area contributed by atoms with Crippen molar-refractivity contribution in [3.05, 3.63) is 35.7 Å². The van der Waals surface area contributed by atoms with E-state index >= 15 is 0 Å². The zero-order valence-electron chi connectivity index (χ0n) is 12.5. The largest absolute Gasteiger partial charge is 0.326 e. The molecule has 1 aromatic heterocycles. The molecule has 0 saturated carbocycles. The number of anilines is 2. The minimum Gasteiger partial charge on any atom is -0.326 e. The molecule has 1 aliphatic heterocycles. The number of benzene rings is 1. The fourth-order valence-electron chi connectivity index (χ4n) is 2.49. The number of fused-ring (bicyclic) bond motifs is 1. The van der Waals surface area contributed by atoms with Gasteiger partial charge in [0.15, 0.2) is 0 Å². The van der Waals surface area contributed by atoms with Crippen molar-refractivity contribution in [2.24, 2.45) is 5.92 Å². The van der Waals surface area contributed by atoms with Crippen molar-refractivity contribution in [2.75, 3.05) is 10.6 Å². The van der Waals surface area contributed by atoms with Gasteiger partial charge in [0.05, 0.1) is 12.5 Å². The molecule has 0 spiro atoms. The molecule has 1 aromatic carbocycles. The van der Waals surface area contributed by atoms with E-state index in [-0.39, 0.29) is 18.2 Å². The summed E-state index contributed by atoms with van der Waals surface area (Å²) in [7, 11) is 0. The topological polar surface area (TPSA) is 88.9 Å². The van der Waals surface area contributed by atoms with Crippen molar-refractivity contribution < 1.29 is 9.59 Å². The normalized spacial score (nSPS) is 16.8. The van der Waals surface area contributed by atoms with Gasteiger partial charge in [0.2, 0.25) is 17.8 Å². The SMILES string of the molecule is Cc1cccc(NC(=O)C[C@H]2Cn3nc(C)nc3NC2=O)c1. The molecule has 7 nitrogen and oxygen atoms in total. The van der Waals surface area contributed by atoms with E-state index in [1.165, 1.54) is 0 Å². The smallest absolute Gasteiger partial charge is 0.232 e. The van der Waals surface area contributed by atoms with Crippen LogP contribution < -0.4 is 10.6 Å². The van der Waals surface area contributed by atoms with Gasteiger partial charge in [-0.3, -0.25) is 14.9 Å². The average Bonchev–Trinajstić information content (AvgIpc) is 2.78. The summed E-state index contributed by atoms with van der Waals surface area (Å²) in [6, 6.07) is 7.55. The Kier molecular flexibility index (Phi) is 3.62. The highest BCUT2D eigenvalue weighted by Crippen LogP contribution is 2.20. The second-order valence-corrected chi connectivity index (χ2v) is 5.47. The molecule has 2 amide bonds. The average molecular weight is 299 g/mol. The summed E-state index contributed by atoms with van der Waals surface area (Å²) < 4.78 is 1.63. The summed E-state index contributed by atoms with van der Waals surface area (Å²) >= 11 is 0. The Morgan fingerprint density at radius 2 is 2.27 bits per heavy atom. The summed E-state index contributed by atoms with van der Waals surface area (Å²) in [4.78, 5) is 28.3. The van der Waals surface area contributed by atoms with Gasteiger partial charge in [-0.2, -0.15) is 10.1 Å². The van der Waals surface area contributed by atoms with Crippen LogP contribution in [0.15, 0.2) is 24.3 Å². The van der Waals surface area contributed by atoms with Crippen LogP contribution in [0.3, 0.4) is 0 Å². The van der Waals surface area contributed by atoms with E-state index in [2.05, 4.69) is 20.7 Å². The van der Waals surface area contributed by atoms with Crippen LogP contribution in [0.5, 0.6) is 0 Å². The fourth-order valence-corrected chi connectivity index (χ4v) is 2.49. The van der Waals surface area contributed by atoms with Gasteiger partial charge in [-0.05, 0) is 31.5 Å². The highest BCUT2D eigenvalue weighted by atomic mass is 16.2. The summed E-state index contributed by atoms with van der Waals surface area (Å²) in [5.74, 6) is 0.210. The van der Waals surface area contributed by atoms with Gasteiger partial charge in [0, 0.05) is 12.1 Å². The number of hydrogen-bond donors (Lipinski definition) is 2. The third kappa shape index (κ3) is 2.98. The first-order valence-electron chi connectivity index (χ1n) is 7.10. The number of carbonyl (C=O) groups is 2. The minimum absolute atomic E-state index is 0.109. The lowest BCUT2D eigenvalue weighted by atomic mass is 10.0. The molecule has 0 aliphatic carbocycles. The summed E-state index contributed by atoms with van der Waals surface area (Å²) in [5.41, 5.74) is 1.80. The third-order valence-electron chi connectivity index (χ3n) is 3.51. The van der Waals surface area contributed by atoms with Crippen LogP contribution in [0, 0.1) is 19.8 Å². The van der Waals surface area contributed by atoms with E-state index in [1.807, 2.05) is 31.2 Å². The van der Waals surface area contributed by atoms with Gasteiger partial charge in [-0.1, -0.05) is 12.1 Å². The standard InChI is InChI=1S/C15H17N5O2/c1-9-4-3-5-12(6-9)17-13(21)7-11-8-20-15(18-14(11)22)16-10(2)19-20/h3-6,11H,7-8H2,1-2H3,(H,17,21)(H,16,18,19,22)/t11-/m0/s1. The lowest BCUT2D eigenvalue weighted by Gasteiger charge is -2.21. The zero-order chi connectivity index (χ0) is 15.7. The van der Waals surface area contributed by atoms with Crippen LogP contribution in [0.25, 0.3) is 0 Å². The number of nitrogens with one attached hydrogen (secondary N) is 2. The first kappa shape index (κ1) is 14.2. The maximum Gasteiger partial charge on any atom is 0.232 e. The van der Waals surface area contributed by atoms with E-state index in [4.69, 9.17) is 0 Å². The Morgan fingerprint density at radius 3 is 3.05 bits per heavy atom. The third-order valence-corrected chi connectivity index (χ3v) is 3.51. The Bertz CT molecular complexity index is 737. The number of rotatable bonds is 3. The summed E-state index contributed by atoms with van der Waals surface area (Å²) in [5, 5.41) is 9.69. The van der Waals surface area contributed by atoms with Gasteiger partial charge < -0.3 is 5.32 Å². The highest BCUT2D eigenvalue weighted by Gasteiger charge is 2.29. The van der Waals surface area contributed by atoms with Gasteiger partial charge in [0.25, 0.3) is 0 Å². The van der Waals surface area contributed by atoms with Crippen LogP contribution in [-0.4, -0.2) is 26.6 Å². The van der Waals surface area contributed by atoms with Crippen LogP contribution in [0.4, 0.5) is 11.6 Å². The molecule has 1 atom stereocenters. The minimum atomic E-state index is -0.446. The zero-order valence-corrected chi connectivity index (χ0v) is 12.5. The molecule has 22 heavy (non-hydrogen) atoms. The fraction of sp³-hybridized carbons (Fsp3) is 0.333. The summed E-state index contributed by atoms with van der Waals surface area (Å²) in [6.45, 7) is 4.08. The molecule has 0 saturated heterocycles. The number of nitrogens with zero attached hydrogens (tertiary/aromatic N) is 3. The van der Waals surface area contributed by atoms with Crippen molar-refractivity contribution in [3.8, 4) is 0 Å². The molecule has 0 radical (unpaired) electrons. The van der Waals surface area contributed by atoms with Gasteiger partial charge in [-0.25, -0.2) is 4.68 Å². The number of amides is 2. The lowest BCUT2D eigenvalue weighted by molar-refractivity contribution is -0.125. The monoisotopic (exact) mass is 299 g/mol. The molecule has 114 valence electrons. The van der Waals surface area contributed by atoms with Crippen molar-refractivity contribution >= 4 is 23.5 Å². The maximum atomic E-state index is 12.1. The Hall–Kier alpha value is -2.70. The van der Waals surface area contributed by atoms with Gasteiger partial charge in [0.1, 0.15) is 5.82 Å². The lowest BCUT2D eigenvalue weighted by Crippen LogP contribution is -2.36. The van der Waals surface area contributed by atoms with Crippen LogP contribution in [0.2, 0.25) is 0 Å². The van der Waals surface area contributed by atoms with E-state index < -0.39 is 5.92 Å². The quantitative estimate of drug-likeness (QED) is 0.898. The predicted octanol–water partition coefficient (Wildman–Crippen LogP) is 1.49. The molecule has 2 aromatic rings. The molecular formula is C15H17N5O2. The van der Waals surface area contributed by atoms with E-state index in [0.29, 0.717) is 18.3 Å². The van der Waals surface area contributed by atoms with Crippen molar-refractivity contribution in [1.29, 1.82) is 0 Å². The van der Waals surface area contributed by atoms with E-state index in [9.17, 15) is 9.59 Å². The Morgan fingerprint density at radius 1 is 1.45 bits per heavy atom. The van der Waals surface area contributed by atoms with Crippen LogP contribution >= 0.6 is 0 Å². The molecule has 0 unspecified atom stereocenters. The second-order valence-electron chi connectivity index (χ2n) is 5.47. The summed E-state index contributed by atoms with van der Waals surface area (Å²) in [6.07, 6.45) is 0.109. The molecule has 2 N–H and O–H groups in total. The van der Waals surface area contributed by atoms with Crippen LogP contribution in [-0.2, 0) is 16.1 Å². The van der Waals surface area contributed by atoms with Crippen molar-refractivity contribution in [3.63, 3.8) is 0 Å². The second kappa shape index (κ2) is 5.59. The Labute approximate surface area is 127 Å². The van der Waals surface area contributed by atoms with E-state index in [1.54, 1.807) is 11.6 Å². The molecule has 1 aliphatic rings. The van der Waals surface area contributed by atoms with Crippen LogP contribution in [0.1, 0.15) is 17.8 Å². The molecular weight excluding hydrogens is 282 g/mol. The first-order chi connectivity index (χ1) is 10.5. The molecule has 2 heterocycles. The number of aryl methyl sites for hydroxylation is 2. The Balaban J connectivity index is 1.65. The number of carbonyl (C=O) groups excluding carboxylic acids is 2. The molecule has 0 bridgehead atoms. The van der Waals surface area contributed by atoms with Gasteiger partial charge >= 0.3 is 0 Å². The highest BCUT2D eigenvalue weighted by molar-refractivity contribution is 5.98. The van der Waals surface area contributed by atoms with Crippen molar-refractivity contribution in [2.45, 2.75) is 26.8 Å². The molecule has 3 rings (SSSR count). The van der Waals surface area contributed by atoms with Gasteiger partial charge in [-0.15, -0.1) is 0 Å². The molecule has 7 heteroatoms. The maximum absolute atomic E-state index is 12.1. The number of aromatic nitrogens is 3. The van der Waals surface area contributed by atoms with Crippen molar-refractivity contribution in [1.82, 2.24) is 14.8 Å². The predicted molar refractivity (Wildman–Crippen MR) is 81.3 cm³/mol. The van der Waals surface area contributed by atoms with E-state index in [0.717, 1.165) is 11.3 Å². The number of hydrogen-bond acceptors (Lipinski definition) is 4.